The third-order valence-electron chi connectivity index (χ3n) is 2.38. The third-order valence-corrected chi connectivity index (χ3v) is 3.34. The second kappa shape index (κ2) is 6.70. The van der Waals surface area contributed by atoms with Gasteiger partial charge in [-0.15, -0.1) is 11.8 Å². The van der Waals surface area contributed by atoms with Gasteiger partial charge in [0, 0.05) is 24.2 Å². The first-order chi connectivity index (χ1) is 9.25. The molecule has 2 aromatic rings. The van der Waals surface area contributed by atoms with Crippen LogP contribution in [0.25, 0.3) is 6.08 Å². The van der Waals surface area contributed by atoms with E-state index in [1.807, 2.05) is 24.3 Å². The summed E-state index contributed by atoms with van der Waals surface area (Å²) >= 11 is 1.57. The van der Waals surface area contributed by atoms with Crippen LogP contribution in [-0.2, 0) is 10.5 Å². The Kier molecular flexibility index (Phi) is 4.69. The number of thioether (sulfide) groups is 1. The van der Waals surface area contributed by atoms with Crippen LogP contribution >= 0.6 is 11.8 Å². The van der Waals surface area contributed by atoms with Gasteiger partial charge in [0.15, 0.2) is 0 Å². The first-order valence-electron chi connectivity index (χ1n) is 5.63. The van der Waals surface area contributed by atoms with Gasteiger partial charge in [0.1, 0.15) is 5.03 Å². The standard InChI is InChI=1S/C14H12N2O2S/c17-14(18)6-5-11-3-1-2-4-12(11)10-19-13-9-15-7-8-16-13/h1-9H,10H2,(H,17,18). The molecule has 0 aliphatic rings. The molecule has 0 radical (unpaired) electrons. The average Bonchev–Trinajstić information content (AvgIpc) is 2.45. The van der Waals surface area contributed by atoms with Gasteiger partial charge in [-0.05, 0) is 17.2 Å². The van der Waals surface area contributed by atoms with E-state index in [0.717, 1.165) is 28.0 Å². The monoisotopic (exact) mass is 272 g/mol. The quantitative estimate of drug-likeness (QED) is 0.670. The summed E-state index contributed by atoms with van der Waals surface area (Å²) in [5.74, 6) is -0.227. The molecule has 0 fully saturated rings. The smallest absolute Gasteiger partial charge is 0.328 e. The number of hydrogen-bond donors (Lipinski definition) is 1. The Morgan fingerprint density at radius 1 is 1.32 bits per heavy atom. The van der Waals surface area contributed by atoms with E-state index in [0.29, 0.717) is 0 Å². The Hall–Kier alpha value is -2.14. The Morgan fingerprint density at radius 2 is 2.16 bits per heavy atom. The number of aromatic nitrogens is 2. The molecule has 4 nitrogen and oxygen atoms in total. The van der Waals surface area contributed by atoms with Crippen molar-refractivity contribution in [1.29, 1.82) is 0 Å². The van der Waals surface area contributed by atoms with Gasteiger partial charge in [0.05, 0.1) is 6.20 Å². The van der Waals surface area contributed by atoms with Crippen molar-refractivity contribution in [1.82, 2.24) is 9.97 Å². The summed E-state index contributed by atoms with van der Waals surface area (Å²) in [7, 11) is 0. The summed E-state index contributed by atoms with van der Waals surface area (Å²) in [4.78, 5) is 18.7. The van der Waals surface area contributed by atoms with E-state index in [4.69, 9.17) is 5.11 Å². The molecular weight excluding hydrogens is 260 g/mol. The van der Waals surface area contributed by atoms with Crippen LogP contribution in [0.3, 0.4) is 0 Å². The Labute approximate surface area is 115 Å². The molecule has 96 valence electrons. The molecular formula is C14H12N2O2S. The lowest BCUT2D eigenvalue weighted by molar-refractivity contribution is -0.131. The van der Waals surface area contributed by atoms with Crippen LogP contribution in [0.4, 0.5) is 0 Å². The first kappa shape index (κ1) is 13.3. The minimum Gasteiger partial charge on any atom is -0.478 e. The summed E-state index contributed by atoms with van der Waals surface area (Å²) in [6.45, 7) is 0. The second-order valence-electron chi connectivity index (χ2n) is 3.70. The number of carbonyl (C=O) groups is 1. The largest absolute Gasteiger partial charge is 0.478 e. The molecule has 1 aromatic carbocycles. The second-order valence-corrected chi connectivity index (χ2v) is 4.70. The number of aliphatic carboxylic acids is 1. The summed E-state index contributed by atoms with van der Waals surface area (Å²) in [5.41, 5.74) is 1.97. The van der Waals surface area contributed by atoms with Gasteiger partial charge in [0.2, 0.25) is 0 Å². The number of hydrogen-bond acceptors (Lipinski definition) is 4. The van der Waals surface area contributed by atoms with Gasteiger partial charge < -0.3 is 5.11 Å². The highest BCUT2D eigenvalue weighted by Gasteiger charge is 2.01. The van der Waals surface area contributed by atoms with Gasteiger partial charge in [0.25, 0.3) is 0 Å². The Bertz CT molecular complexity index is 585. The zero-order valence-electron chi connectivity index (χ0n) is 10.1. The lowest BCUT2D eigenvalue weighted by Crippen LogP contribution is -1.90. The molecule has 0 bridgehead atoms. The highest BCUT2D eigenvalue weighted by atomic mass is 32.2. The van der Waals surface area contributed by atoms with Crippen LogP contribution in [0.5, 0.6) is 0 Å². The highest BCUT2D eigenvalue weighted by molar-refractivity contribution is 7.98. The van der Waals surface area contributed by atoms with Crippen LogP contribution in [0.15, 0.2) is 54.0 Å². The fraction of sp³-hybridized carbons (Fsp3) is 0.0714. The highest BCUT2D eigenvalue weighted by Crippen LogP contribution is 2.22. The predicted molar refractivity (Wildman–Crippen MR) is 74.7 cm³/mol. The molecule has 2 rings (SSSR count). The van der Waals surface area contributed by atoms with Crippen LogP contribution in [0.1, 0.15) is 11.1 Å². The number of nitrogens with zero attached hydrogens (tertiary/aromatic N) is 2. The number of carboxylic acids is 1. The van der Waals surface area contributed by atoms with Crippen LogP contribution in [0.2, 0.25) is 0 Å². The van der Waals surface area contributed by atoms with E-state index in [2.05, 4.69) is 9.97 Å². The van der Waals surface area contributed by atoms with E-state index in [-0.39, 0.29) is 0 Å². The zero-order valence-corrected chi connectivity index (χ0v) is 10.9. The summed E-state index contributed by atoms with van der Waals surface area (Å²) in [5, 5.41) is 9.51. The normalized spacial score (nSPS) is 10.7. The van der Waals surface area contributed by atoms with E-state index in [9.17, 15) is 4.79 Å². The molecule has 19 heavy (non-hydrogen) atoms. The molecule has 0 atom stereocenters. The van der Waals surface area contributed by atoms with Gasteiger partial charge in [-0.2, -0.15) is 0 Å². The molecule has 0 unspecified atom stereocenters. The molecule has 0 amide bonds. The van der Waals surface area contributed by atoms with Gasteiger partial charge in [-0.25, -0.2) is 9.78 Å². The molecule has 1 aromatic heterocycles. The number of carboxylic acid groups (broad SMARTS) is 1. The van der Waals surface area contributed by atoms with Crippen LogP contribution < -0.4 is 0 Å². The Morgan fingerprint density at radius 3 is 2.89 bits per heavy atom. The van der Waals surface area contributed by atoms with Crippen molar-refractivity contribution in [2.75, 3.05) is 0 Å². The molecule has 1 heterocycles. The van der Waals surface area contributed by atoms with Crippen molar-refractivity contribution >= 4 is 23.8 Å². The molecule has 1 N–H and O–H groups in total. The topological polar surface area (TPSA) is 63.1 Å². The van der Waals surface area contributed by atoms with Crippen LogP contribution in [-0.4, -0.2) is 21.0 Å². The van der Waals surface area contributed by atoms with Crippen molar-refractivity contribution < 1.29 is 9.90 Å². The third kappa shape index (κ3) is 4.22. The SMILES string of the molecule is O=C(O)C=Cc1ccccc1CSc1cnccn1. The predicted octanol–water partition coefficient (Wildman–Crippen LogP) is 2.87. The maximum Gasteiger partial charge on any atom is 0.328 e. The summed E-state index contributed by atoms with van der Waals surface area (Å²) < 4.78 is 0. The number of rotatable bonds is 5. The number of benzene rings is 1. The molecule has 0 aliphatic heterocycles. The summed E-state index contributed by atoms with van der Waals surface area (Å²) in [6, 6.07) is 7.69. The van der Waals surface area contributed by atoms with E-state index in [1.54, 1.807) is 36.4 Å². The Balaban J connectivity index is 2.10. The first-order valence-corrected chi connectivity index (χ1v) is 6.62. The lowest BCUT2D eigenvalue weighted by atomic mass is 10.1. The van der Waals surface area contributed by atoms with E-state index >= 15 is 0 Å². The fourth-order valence-corrected chi connectivity index (χ4v) is 2.34. The van der Waals surface area contributed by atoms with Crippen molar-refractivity contribution in [3.05, 3.63) is 60.1 Å². The average molecular weight is 272 g/mol. The van der Waals surface area contributed by atoms with Crippen LogP contribution in [0, 0.1) is 0 Å². The van der Waals surface area contributed by atoms with Crippen molar-refractivity contribution in [2.24, 2.45) is 0 Å². The van der Waals surface area contributed by atoms with Crippen molar-refractivity contribution in [2.45, 2.75) is 10.8 Å². The van der Waals surface area contributed by atoms with Crippen molar-refractivity contribution in [3.8, 4) is 0 Å². The summed E-state index contributed by atoms with van der Waals surface area (Å²) in [6.07, 6.45) is 7.74. The molecule has 0 aliphatic carbocycles. The van der Waals surface area contributed by atoms with E-state index in [1.165, 1.54) is 0 Å². The molecule has 0 spiro atoms. The fourth-order valence-electron chi connectivity index (χ4n) is 1.50. The van der Waals surface area contributed by atoms with Crippen molar-refractivity contribution in [3.63, 3.8) is 0 Å². The van der Waals surface area contributed by atoms with Gasteiger partial charge >= 0.3 is 5.97 Å². The van der Waals surface area contributed by atoms with E-state index < -0.39 is 5.97 Å². The minimum absolute atomic E-state index is 0.721. The molecule has 0 saturated carbocycles. The molecule has 5 heteroatoms. The lowest BCUT2D eigenvalue weighted by Gasteiger charge is -2.05. The maximum atomic E-state index is 10.6. The minimum atomic E-state index is -0.948. The zero-order chi connectivity index (χ0) is 13.5. The molecule has 0 saturated heterocycles. The van der Waals surface area contributed by atoms with Gasteiger partial charge in [-0.1, -0.05) is 24.3 Å². The maximum absolute atomic E-state index is 10.6. The van der Waals surface area contributed by atoms with Gasteiger partial charge in [-0.3, -0.25) is 4.98 Å².